The molecule has 0 aromatic heterocycles. The molecule has 17 heavy (non-hydrogen) atoms. The second kappa shape index (κ2) is 10.1. The van der Waals surface area contributed by atoms with Crippen molar-refractivity contribution in [2.45, 2.75) is 65.3 Å². The van der Waals surface area contributed by atoms with Gasteiger partial charge in [0.2, 0.25) is 5.91 Å². The van der Waals surface area contributed by atoms with Crippen LogP contribution in [0.3, 0.4) is 0 Å². The summed E-state index contributed by atoms with van der Waals surface area (Å²) in [4.78, 5) is 22.7. The summed E-state index contributed by atoms with van der Waals surface area (Å²) in [5.41, 5.74) is 0. The summed E-state index contributed by atoms with van der Waals surface area (Å²) in [5, 5.41) is 2.64. The standard InChI is InChI=1S/C13H25NO3/c1-4-6-7-8-9-10-12(15)14-11(3)13(16)17-5-2/h11H,4-10H2,1-3H3,(H,14,15). The van der Waals surface area contributed by atoms with Crippen molar-refractivity contribution in [3.8, 4) is 0 Å². The third-order valence-corrected chi connectivity index (χ3v) is 2.53. The molecular weight excluding hydrogens is 218 g/mol. The van der Waals surface area contributed by atoms with E-state index in [2.05, 4.69) is 12.2 Å². The Hall–Kier alpha value is -1.06. The first-order chi connectivity index (χ1) is 8.11. The van der Waals surface area contributed by atoms with E-state index < -0.39 is 6.04 Å². The van der Waals surface area contributed by atoms with Gasteiger partial charge in [-0.15, -0.1) is 0 Å². The van der Waals surface area contributed by atoms with Gasteiger partial charge in [-0.25, -0.2) is 4.79 Å². The van der Waals surface area contributed by atoms with Gasteiger partial charge in [-0.2, -0.15) is 0 Å². The lowest BCUT2D eigenvalue weighted by molar-refractivity contribution is -0.146. The SMILES string of the molecule is CCCCCCCC(=O)NC(C)C(=O)OCC. The Morgan fingerprint density at radius 3 is 2.35 bits per heavy atom. The van der Waals surface area contributed by atoms with Crippen LogP contribution < -0.4 is 5.32 Å². The van der Waals surface area contributed by atoms with E-state index in [1.165, 1.54) is 19.3 Å². The molecule has 1 atom stereocenters. The van der Waals surface area contributed by atoms with Gasteiger partial charge in [0, 0.05) is 6.42 Å². The maximum absolute atomic E-state index is 11.5. The lowest BCUT2D eigenvalue weighted by Crippen LogP contribution is -2.39. The van der Waals surface area contributed by atoms with Crippen LogP contribution >= 0.6 is 0 Å². The van der Waals surface area contributed by atoms with E-state index in [9.17, 15) is 9.59 Å². The third-order valence-electron chi connectivity index (χ3n) is 2.53. The number of amides is 1. The molecular formula is C13H25NO3. The molecule has 0 aliphatic heterocycles. The molecule has 0 rings (SSSR count). The summed E-state index contributed by atoms with van der Waals surface area (Å²) in [6.45, 7) is 5.90. The number of nitrogens with one attached hydrogen (secondary N) is 1. The quantitative estimate of drug-likeness (QED) is 0.500. The molecule has 1 amide bonds. The van der Waals surface area contributed by atoms with Crippen LogP contribution in [0.5, 0.6) is 0 Å². The second-order valence-electron chi connectivity index (χ2n) is 4.21. The Balaban J connectivity index is 3.60. The first-order valence-electron chi connectivity index (χ1n) is 6.57. The molecule has 4 heteroatoms. The molecule has 0 aliphatic rings. The van der Waals surface area contributed by atoms with Gasteiger partial charge in [0.25, 0.3) is 0 Å². The van der Waals surface area contributed by atoms with Crippen LogP contribution in [0.4, 0.5) is 0 Å². The maximum Gasteiger partial charge on any atom is 0.328 e. The van der Waals surface area contributed by atoms with Gasteiger partial charge >= 0.3 is 5.97 Å². The van der Waals surface area contributed by atoms with Crippen molar-refractivity contribution in [1.82, 2.24) is 5.32 Å². The Kier molecular flexibility index (Phi) is 9.49. The topological polar surface area (TPSA) is 55.4 Å². The highest BCUT2D eigenvalue weighted by Crippen LogP contribution is 2.04. The maximum atomic E-state index is 11.5. The molecule has 0 saturated carbocycles. The summed E-state index contributed by atoms with van der Waals surface area (Å²) in [5.74, 6) is -0.436. The number of ether oxygens (including phenoxy) is 1. The van der Waals surface area contributed by atoms with Crippen molar-refractivity contribution in [3.05, 3.63) is 0 Å². The number of rotatable bonds is 9. The zero-order valence-corrected chi connectivity index (χ0v) is 11.3. The first-order valence-corrected chi connectivity index (χ1v) is 6.57. The van der Waals surface area contributed by atoms with Gasteiger partial charge in [-0.3, -0.25) is 4.79 Å². The summed E-state index contributed by atoms with van der Waals surface area (Å²) in [6.07, 6.45) is 6.06. The minimum absolute atomic E-state index is 0.0675. The van der Waals surface area contributed by atoms with Crippen molar-refractivity contribution in [2.75, 3.05) is 6.61 Å². The summed E-state index contributed by atoms with van der Waals surface area (Å²) < 4.78 is 4.81. The summed E-state index contributed by atoms with van der Waals surface area (Å²) >= 11 is 0. The predicted molar refractivity (Wildman–Crippen MR) is 67.6 cm³/mol. The van der Waals surface area contributed by atoms with E-state index in [0.717, 1.165) is 12.8 Å². The Labute approximate surface area is 104 Å². The third kappa shape index (κ3) is 8.72. The molecule has 100 valence electrons. The second-order valence-corrected chi connectivity index (χ2v) is 4.21. The van der Waals surface area contributed by atoms with Crippen LogP contribution in [0.15, 0.2) is 0 Å². The highest BCUT2D eigenvalue weighted by Gasteiger charge is 2.15. The normalized spacial score (nSPS) is 11.9. The summed E-state index contributed by atoms with van der Waals surface area (Å²) in [7, 11) is 0. The zero-order valence-electron chi connectivity index (χ0n) is 11.3. The van der Waals surface area contributed by atoms with Crippen molar-refractivity contribution >= 4 is 11.9 Å². The summed E-state index contributed by atoms with van der Waals surface area (Å²) in [6, 6.07) is -0.543. The van der Waals surface area contributed by atoms with Crippen molar-refractivity contribution in [2.24, 2.45) is 0 Å². The number of esters is 1. The smallest absolute Gasteiger partial charge is 0.328 e. The number of hydrogen-bond donors (Lipinski definition) is 1. The van der Waals surface area contributed by atoms with Crippen LogP contribution in [0.1, 0.15) is 59.3 Å². The molecule has 0 fully saturated rings. The monoisotopic (exact) mass is 243 g/mol. The molecule has 0 bridgehead atoms. The van der Waals surface area contributed by atoms with Gasteiger partial charge < -0.3 is 10.1 Å². The minimum Gasteiger partial charge on any atom is -0.464 e. The van der Waals surface area contributed by atoms with Gasteiger partial charge in [0.1, 0.15) is 6.04 Å². The number of carbonyl (C=O) groups is 2. The van der Waals surface area contributed by atoms with Crippen LogP contribution in [0.2, 0.25) is 0 Å². The van der Waals surface area contributed by atoms with Crippen LogP contribution in [-0.4, -0.2) is 24.5 Å². The molecule has 0 radical (unpaired) electrons. The van der Waals surface area contributed by atoms with E-state index in [1.54, 1.807) is 13.8 Å². The predicted octanol–water partition coefficient (Wildman–Crippen LogP) is 2.41. The number of unbranched alkanes of at least 4 members (excludes halogenated alkanes) is 4. The number of carbonyl (C=O) groups excluding carboxylic acids is 2. The first kappa shape index (κ1) is 15.9. The van der Waals surface area contributed by atoms with E-state index >= 15 is 0 Å². The van der Waals surface area contributed by atoms with Gasteiger partial charge in [-0.1, -0.05) is 32.6 Å². The molecule has 4 nitrogen and oxygen atoms in total. The molecule has 0 heterocycles. The van der Waals surface area contributed by atoms with E-state index in [1.807, 2.05) is 0 Å². The van der Waals surface area contributed by atoms with Gasteiger partial charge in [-0.05, 0) is 20.3 Å². The molecule has 0 aromatic rings. The van der Waals surface area contributed by atoms with Crippen LogP contribution in [0.25, 0.3) is 0 Å². The zero-order chi connectivity index (χ0) is 13.1. The fourth-order valence-corrected chi connectivity index (χ4v) is 1.53. The molecule has 0 spiro atoms. The highest BCUT2D eigenvalue weighted by atomic mass is 16.5. The average Bonchev–Trinajstić information content (AvgIpc) is 2.29. The largest absolute Gasteiger partial charge is 0.464 e. The van der Waals surface area contributed by atoms with Crippen molar-refractivity contribution in [3.63, 3.8) is 0 Å². The van der Waals surface area contributed by atoms with Crippen LogP contribution in [-0.2, 0) is 14.3 Å². The van der Waals surface area contributed by atoms with Crippen molar-refractivity contribution in [1.29, 1.82) is 0 Å². The fourth-order valence-electron chi connectivity index (χ4n) is 1.53. The van der Waals surface area contributed by atoms with Crippen LogP contribution in [0, 0.1) is 0 Å². The fraction of sp³-hybridized carbons (Fsp3) is 0.846. The molecule has 0 saturated heterocycles. The number of hydrogen-bond acceptors (Lipinski definition) is 3. The molecule has 1 unspecified atom stereocenters. The Bertz CT molecular complexity index is 229. The van der Waals surface area contributed by atoms with E-state index in [-0.39, 0.29) is 11.9 Å². The Morgan fingerprint density at radius 2 is 1.76 bits per heavy atom. The van der Waals surface area contributed by atoms with E-state index in [4.69, 9.17) is 4.74 Å². The molecule has 0 aromatic carbocycles. The highest BCUT2D eigenvalue weighted by molar-refractivity contribution is 5.84. The molecule has 1 N–H and O–H groups in total. The van der Waals surface area contributed by atoms with Crippen molar-refractivity contribution < 1.29 is 14.3 Å². The van der Waals surface area contributed by atoms with E-state index in [0.29, 0.717) is 13.0 Å². The van der Waals surface area contributed by atoms with Gasteiger partial charge in [0.15, 0.2) is 0 Å². The lowest BCUT2D eigenvalue weighted by Gasteiger charge is -2.12. The lowest BCUT2D eigenvalue weighted by atomic mass is 10.1. The minimum atomic E-state index is -0.543. The Morgan fingerprint density at radius 1 is 1.12 bits per heavy atom. The average molecular weight is 243 g/mol. The molecule has 0 aliphatic carbocycles. The van der Waals surface area contributed by atoms with Gasteiger partial charge in [0.05, 0.1) is 6.61 Å².